The molecule has 4 N–H and O–H groups in total. The molecule has 0 radical (unpaired) electrons. The second kappa shape index (κ2) is 4.37. The average molecular weight is 238 g/mol. The third-order valence-corrected chi connectivity index (χ3v) is 3.19. The Balaban J connectivity index is 1.96. The molecule has 6 nitrogen and oxygen atoms in total. The summed E-state index contributed by atoms with van der Waals surface area (Å²) in [5, 5.41) is 16.6. The summed E-state index contributed by atoms with van der Waals surface area (Å²) in [6.45, 7) is 2.86. The van der Waals surface area contributed by atoms with Gasteiger partial charge in [-0.25, -0.2) is 0 Å². The van der Waals surface area contributed by atoms with E-state index in [1.807, 2.05) is 6.92 Å². The van der Waals surface area contributed by atoms with Gasteiger partial charge in [-0.3, -0.25) is 9.48 Å². The van der Waals surface area contributed by atoms with Gasteiger partial charge in [-0.15, -0.1) is 0 Å². The van der Waals surface area contributed by atoms with Crippen LogP contribution in [0.4, 0.5) is 5.69 Å². The molecule has 2 rings (SSSR count). The van der Waals surface area contributed by atoms with Crippen molar-refractivity contribution in [3.05, 3.63) is 11.9 Å². The second-order valence-corrected chi connectivity index (χ2v) is 4.55. The van der Waals surface area contributed by atoms with Crippen molar-refractivity contribution >= 4 is 11.6 Å². The molecule has 1 aromatic rings. The fourth-order valence-electron chi connectivity index (χ4n) is 1.87. The first kappa shape index (κ1) is 11.9. The molecule has 1 saturated carbocycles. The van der Waals surface area contributed by atoms with Crippen LogP contribution < -0.4 is 11.1 Å². The maximum Gasteiger partial charge on any atom is 0.274 e. The molecule has 0 aliphatic heterocycles. The SMILES string of the molecule is CCn1cc(N)c(C(=O)NCC2(O)CCC2)n1. The molecule has 1 aliphatic carbocycles. The predicted molar refractivity (Wildman–Crippen MR) is 63.4 cm³/mol. The molecule has 1 aliphatic rings. The minimum Gasteiger partial charge on any atom is -0.396 e. The number of anilines is 1. The summed E-state index contributed by atoms with van der Waals surface area (Å²) in [6, 6.07) is 0. The summed E-state index contributed by atoms with van der Waals surface area (Å²) in [4.78, 5) is 11.8. The lowest BCUT2D eigenvalue weighted by Gasteiger charge is -2.36. The first-order chi connectivity index (χ1) is 8.04. The van der Waals surface area contributed by atoms with Gasteiger partial charge in [0.15, 0.2) is 5.69 Å². The van der Waals surface area contributed by atoms with Crippen LogP contribution in [0.1, 0.15) is 36.7 Å². The highest BCUT2D eigenvalue weighted by Gasteiger charge is 2.34. The number of nitrogens with two attached hydrogens (primary N) is 1. The third-order valence-electron chi connectivity index (χ3n) is 3.19. The Kier molecular flexibility index (Phi) is 3.06. The van der Waals surface area contributed by atoms with E-state index in [1.165, 1.54) is 0 Å². The molecule has 0 bridgehead atoms. The number of carbonyl (C=O) groups is 1. The van der Waals surface area contributed by atoms with Crippen LogP contribution in [0, 0.1) is 0 Å². The zero-order valence-corrected chi connectivity index (χ0v) is 9.94. The van der Waals surface area contributed by atoms with Crippen molar-refractivity contribution in [2.45, 2.75) is 38.3 Å². The number of nitrogen functional groups attached to an aromatic ring is 1. The van der Waals surface area contributed by atoms with Crippen molar-refractivity contribution < 1.29 is 9.90 Å². The molecule has 94 valence electrons. The lowest BCUT2D eigenvalue weighted by molar-refractivity contribution is -0.0300. The number of aryl methyl sites for hydroxylation is 1. The molecule has 0 atom stereocenters. The summed E-state index contributed by atoms with van der Waals surface area (Å²) >= 11 is 0. The van der Waals surface area contributed by atoms with Gasteiger partial charge in [0.25, 0.3) is 5.91 Å². The van der Waals surface area contributed by atoms with Crippen LogP contribution in [0.15, 0.2) is 6.20 Å². The summed E-state index contributed by atoms with van der Waals surface area (Å²) in [7, 11) is 0. The fourth-order valence-corrected chi connectivity index (χ4v) is 1.87. The van der Waals surface area contributed by atoms with Crippen LogP contribution >= 0.6 is 0 Å². The molecule has 0 spiro atoms. The Labute approximate surface area is 99.8 Å². The number of aromatic nitrogens is 2. The normalized spacial score (nSPS) is 17.5. The molecule has 1 fully saturated rings. The zero-order chi connectivity index (χ0) is 12.5. The standard InChI is InChI=1S/C11H18N4O2/c1-2-15-6-8(12)9(14-15)10(16)13-7-11(17)4-3-5-11/h6,17H,2-5,7,12H2,1H3,(H,13,16). The van der Waals surface area contributed by atoms with Gasteiger partial charge in [0.05, 0.1) is 11.3 Å². The van der Waals surface area contributed by atoms with Crippen LogP contribution in [-0.4, -0.2) is 32.9 Å². The summed E-state index contributed by atoms with van der Waals surface area (Å²) in [6.07, 6.45) is 4.13. The molecular weight excluding hydrogens is 220 g/mol. The smallest absolute Gasteiger partial charge is 0.274 e. The van der Waals surface area contributed by atoms with Crippen LogP contribution in [0.25, 0.3) is 0 Å². The molecule has 0 unspecified atom stereocenters. The van der Waals surface area contributed by atoms with Crippen molar-refractivity contribution in [3.63, 3.8) is 0 Å². The van der Waals surface area contributed by atoms with Gasteiger partial charge in [-0.2, -0.15) is 5.10 Å². The van der Waals surface area contributed by atoms with Crippen molar-refractivity contribution in [3.8, 4) is 0 Å². The quantitative estimate of drug-likeness (QED) is 0.695. The van der Waals surface area contributed by atoms with Gasteiger partial charge in [-0.1, -0.05) is 0 Å². The van der Waals surface area contributed by atoms with Crippen LogP contribution in [0.5, 0.6) is 0 Å². The lowest BCUT2D eigenvalue weighted by atomic mass is 9.80. The minimum absolute atomic E-state index is 0.231. The van der Waals surface area contributed by atoms with Gasteiger partial charge in [-0.05, 0) is 26.2 Å². The first-order valence-corrected chi connectivity index (χ1v) is 5.87. The Morgan fingerprint density at radius 1 is 1.71 bits per heavy atom. The number of nitrogens with one attached hydrogen (secondary N) is 1. The predicted octanol–water partition coefficient (Wildman–Crippen LogP) is 0.130. The van der Waals surface area contributed by atoms with Crippen molar-refractivity contribution in [2.75, 3.05) is 12.3 Å². The van der Waals surface area contributed by atoms with Gasteiger partial charge < -0.3 is 16.2 Å². The highest BCUT2D eigenvalue weighted by atomic mass is 16.3. The number of hydrogen-bond acceptors (Lipinski definition) is 4. The van der Waals surface area contributed by atoms with Crippen LogP contribution in [0.3, 0.4) is 0 Å². The van der Waals surface area contributed by atoms with Gasteiger partial charge in [0.1, 0.15) is 0 Å². The summed E-state index contributed by atoms with van der Waals surface area (Å²) < 4.78 is 1.61. The number of carbonyl (C=O) groups excluding carboxylic acids is 1. The van der Waals surface area contributed by atoms with E-state index in [-0.39, 0.29) is 18.1 Å². The minimum atomic E-state index is -0.724. The number of rotatable bonds is 4. The first-order valence-electron chi connectivity index (χ1n) is 5.87. The maximum absolute atomic E-state index is 11.8. The Hall–Kier alpha value is -1.56. The highest BCUT2D eigenvalue weighted by molar-refractivity contribution is 5.97. The number of hydrogen-bond donors (Lipinski definition) is 3. The Morgan fingerprint density at radius 3 is 2.88 bits per heavy atom. The summed E-state index contributed by atoms with van der Waals surface area (Å²) in [5.41, 5.74) is 5.57. The van der Waals surface area contributed by atoms with Gasteiger partial charge >= 0.3 is 0 Å². The summed E-state index contributed by atoms with van der Waals surface area (Å²) in [5.74, 6) is -0.324. The topological polar surface area (TPSA) is 93.2 Å². The largest absolute Gasteiger partial charge is 0.396 e. The average Bonchev–Trinajstić information content (AvgIpc) is 2.65. The highest BCUT2D eigenvalue weighted by Crippen LogP contribution is 2.30. The number of amides is 1. The van der Waals surface area contributed by atoms with E-state index in [0.29, 0.717) is 12.2 Å². The number of aliphatic hydroxyl groups is 1. The Morgan fingerprint density at radius 2 is 2.41 bits per heavy atom. The van der Waals surface area contributed by atoms with Crippen LogP contribution in [0.2, 0.25) is 0 Å². The van der Waals surface area contributed by atoms with E-state index in [9.17, 15) is 9.90 Å². The molecule has 6 heteroatoms. The van der Waals surface area contributed by atoms with Gasteiger partial charge in [0.2, 0.25) is 0 Å². The second-order valence-electron chi connectivity index (χ2n) is 4.55. The van der Waals surface area contributed by atoms with E-state index in [1.54, 1.807) is 10.9 Å². The maximum atomic E-state index is 11.8. The van der Waals surface area contributed by atoms with Crippen LogP contribution in [-0.2, 0) is 6.54 Å². The van der Waals surface area contributed by atoms with E-state index in [2.05, 4.69) is 10.4 Å². The van der Waals surface area contributed by atoms with E-state index in [4.69, 9.17) is 5.73 Å². The molecule has 1 aromatic heterocycles. The fraction of sp³-hybridized carbons (Fsp3) is 0.636. The third kappa shape index (κ3) is 2.41. The molecule has 1 amide bonds. The van der Waals surface area contributed by atoms with Crippen molar-refractivity contribution in [2.24, 2.45) is 0 Å². The number of nitrogens with zero attached hydrogens (tertiary/aromatic N) is 2. The van der Waals surface area contributed by atoms with E-state index >= 15 is 0 Å². The van der Waals surface area contributed by atoms with Gasteiger partial charge in [0, 0.05) is 19.3 Å². The molecular formula is C11H18N4O2. The van der Waals surface area contributed by atoms with E-state index < -0.39 is 5.60 Å². The Bertz CT molecular complexity index is 423. The zero-order valence-electron chi connectivity index (χ0n) is 9.94. The lowest BCUT2D eigenvalue weighted by Crippen LogP contribution is -2.47. The van der Waals surface area contributed by atoms with Crippen molar-refractivity contribution in [1.29, 1.82) is 0 Å². The molecule has 0 saturated heterocycles. The van der Waals surface area contributed by atoms with E-state index in [0.717, 1.165) is 19.3 Å². The monoisotopic (exact) mass is 238 g/mol. The molecule has 1 heterocycles. The molecule has 17 heavy (non-hydrogen) atoms. The molecule has 0 aromatic carbocycles. The van der Waals surface area contributed by atoms with Crippen molar-refractivity contribution in [1.82, 2.24) is 15.1 Å².